The Bertz CT molecular complexity index is 316. The van der Waals surface area contributed by atoms with Gasteiger partial charge >= 0.3 is 0 Å². The van der Waals surface area contributed by atoms with E-state index >= 15 is 0 Å². The number of benzene rings is 1. The van der Waals surface area contributed by atoms with E-state index in [9.17, 15) is 4.79 Å². The van der Waals surface area contributed by atoms with Gasteiger partial charge in [-0.25, -0.2) is 0 Å². The van der Waals surface area contributed by atoms with Gasteiger partial charge in [0, 0.05) is 12.7 Å². The topological polar surface area (TPSA) is 17.1 Å². The fraction of sp³-hybridized carbons (Fsp3) is 0.222. The van der Waals surface area contributed by atoms with Crippen molar-refractivity contribution >= 4 is 66.9 Å². The molecule has 0 bridgehead atoms. The van der Waals surface area contributed by atoms with Crippen molar-refractivity contribution < 1.29 is 4.79 Å². The third kappa shape index (κ3) is 2.89. The molecule has 1 atom stereocenters. The fourth-order valence-electron chi connectivity index (χ4n) is 0.932. The summed E-state index contributed by atoms with van der Waals surface area (Å²) in [5.41, 5.74) is 0.827. The van der Waals surface area contributed by atoms with Crippen LogP contribution in [0.4, 0.5) is 0 Å². The predicted molar refractivity (Wildman–Crippen MR) is 74.6 cm³/mol. The van der Waals surface area contributed by atoms with Gasteiger partial charge in [0.05, 0.1) is 4.83 Å². The highest BCUT2D eigenvalue weighted by molar-refractivity contribution is 14.1. The molecule has 70 valence electrons. The molecule has 0 aliphatic rings. The van der Waals surface area contributed by atoms with Crippen LogP contribution in [0.25, 0.3) is 0 Å². The minimum Gasteiger partial charge on any atom is -0.293 e. The van der Waals surface area contributed by atoms with Crippen molar-refractivity contribution in [2.75, 3.05) is 0 Å². The van der Waals surface area contributed by atoms with Crippen molar-refractivity contribution in [1.29, 1.82) is 0 Å². The van der Waals surface area contributed by atoms with Gasteiger partial charge in [0.2, 0.25) is 0 Å². The van der Waals surface area contributed by atoms with Gasteiger partial charge in [0.15, 0.2) is 5.78 Å². The third-order valence-corrected chi connectivity index (χ3v) is 3.78. The summed E-state index contributed by atoms with van der Waals surface area (Å²) in [5, 5.41) is 0. The number of rotatable bonds is 2. The molecule has 4 heteroatoms. The number of ketones is 1. The van der Waals surface area contributed by atoms with Gasteiger partial charge in [-0.05, 0) is 64.2 Å². The molecule has 0 fully saturated rings. The highest BCUT2D eigenvalue weighted by atomic mass is 127. The van der Waals surface area contributed by atoms with Gasteiger partial charge in [-0.1, -0.05) is 22.0 Å². The lowest BCUT2D eigenvalue weighted by molar-refractivity contribution is 0.0994. The van der Waals surface area contributed by atoms with Crippen LogP contribution in [0, 0.1) is 7.14 Å². The Kier molecular flexibility index (Phi) is 4.64. The molecule has 1 unspecified atom stereocenters. The first-order valence-electron chi connectivity index (χ1n) is 3.66. The lowest BCUT2D eigenvalue weighted by atomic mass is 10.1. The molecule has 0 saturated carbocycles. The van der Waals surface area contributed by atoms with Crippen LogP contribution in [0.3, 0.4) is 0 Å². The van der Waals surface area contributed by atoms with Crippen LogP contribution in [0.15, 0.2) is 18.2 Å². The Balaban J connectivity index is 3.20. The summed E-state index contributed by atoms with van der Waals surface area (Å²) in [6.45, 7) is 1.85. The lowest BCUT2D eigenvalue weighted by Gasteiger charge is -2.07. The molecular formula is C9H7BrI2O. The van der Waals surface area contributed by atoms with Crippen LogP contribution >= 0.6 is 61.1 Å². The van der Waals surface area contributed by atoms with Crippen LogP contribution < -0.4 is 0 Å². The first-order valence-corrected chi connectivity index (χ1v) is 6.73. The van der Waals surface area contributed by atoms with Gasteiger partial charge < -0.3 is 0 Å². The Morgan fingerprint density at radius 3 is 2.23 bits per heavy atom. The second-order valence-electron chi connectivity index (χ2n) is 2.58. The van der Waals surface area contributed by atoms with E-state index in [1.165, 1.54) is 0 Å². The third-order valence-electron chi connectivity index (χ3n) is 1.57. The van der Waals surface area contributed by atoms with Gasteiger partial charge in [0.1, 0.15) is 0 Å². The highest BCUT2D eigenvalue weighted by Crippen LogP contribution is 2.22. The molecular weight excluding hydrogens is 458 g/mol. The number of hydrogen-bond acceptors (Lipinski definition) is 1. The first-order chi connectivity index (χ1) is 6.04. The zero-order valence-electron chi connectivity index (χ0n) is 6.85. The molecule has 1 nitrogen and oxygen atoms in total. The Hall–Kier alpha value is 0.830. The molecule has 1 aromatic rings. The predicted octanol–water partition coefficient (Wildman–Crippen LogP) is 3.86. The average molecular weight is 465 g/mol. The second kappa shape index (κ2) is 5.06. The van der Waals surface area contributed by atoms with Crippen LogP contribution in [0.5, 0.6) is 0 Å². The van der Waals surface area contributed by atoms with E-state index in [0.29, 0.717) is 0 Å². The largest absolute Gasteiger partial charge is 0.293 e. The van der Waals surface area contributed by atoms with Crippen molar-refractivity contribution in [3.05, 3.63) is 30.9 Å². The smallest absolute Gasteiger partial charge is 0.178 e. The van der Waals surface area contributed by atoms with E-state index in [2.05, 4.69) is 61.1 Å². The monoisotopic (exact) mass is 464 g/mol. The molecule has 0 N–H and O–H groups in total. The highest BCUT2D eigenvalue weighted by Gasteiger charge is 2.17. The van der Waals surface area contributed by atoms with Crippen molar-refractivity contribution in [2.45, 2.75) is 11.8 Å². The van der Waals surface area contributed by atoms with Crippen LogP contribution in [-0.2, 0) is 0 Å². The number of Topliss-reactive ketones (excluding diaryl/α,β-unsaturated/α-hetero) is 1. The van der Waals surface area contributed by atoms with E-state index in [0.717, 1.165) is 12.7 Å². The maximum atomic E-state index is 11.7. The number of hydrogen-bond donors (Lipinski definition) is 0. The number of carbonyl (C=O) groups is 1. The van der Waals surface area contributed by atoms with Crippen molar-refractivity contribution in [3.63, 3.8) is 0 Å². The van der Waals surface area contributed by atoms with Gasteiger partial charge in [-0.3, -0.25) is 4.79 Å². The first kappa shape index (κ1) is 11.9. The van der Waals surface area contributed by atoms with Crippen LogP contribution in [0.2, 0.25) is 0 Å². The van der Waals surface area contributed by atoms with Gasteiger partial charge in [0.25, 0.3) is 0 Å². The molecule has 0 radical (unpaired) electrons. The molecule has 0 heterocycles. The minimum atomic E-state index is -0.114. The normalized spacial score (nSPS) is 12.6. The van der Waals surface area contributed by atoms with Crippen molar-refractivity contribution in [2.24, 2.45) is 0 Å². The quantitative estimate of drug-likeness (QED) is 0.369. The molecule has 13 heavy (non-hydrogen) atoms. The molecule has 1 aromatic carbocycles. The lowest BCUT2D eigenvalue weighted by Crippen LogP contribution is -2.13. The van der Waals surface area contributed by atoms with E-state index in [1.807, 2.05) is 25.1 Å². The summed E-state index contributed by atoms with van der Waals surface area (Å²) >= 11 is 7.66. The summed E-state index contributed by atoms with van der Waals surface area (Å²) in [6.07, 6.45) is 0. The summed E-state index contributed by atoms with van der Waals surface area (Å²) < 4.78 is 2.03. The molecule has 0 aromatic heterocycles. The average Bonchev–Trinajstić information content (AvgIpc) is 2.03. The molecule has 1 rings (SSSR count). The van der Waals surface area contributed by atoms with Gasteiger partial charge in [-0.15, -0.1) is 0 Å². The maximum absolute atomic E-state index is 11.7. The van der Waals surface area contributed by atoms with Crippen LogP contribution in [0.1, 0.15) is 17.3 Å². The van der Waals surface area contributed by atoms with Crippen molar-refractivity contribution in [1.82, 2.24) is 0 Å². The van der Waals surface area contributed by atoms with E-state index in [-0.39, 0.29) is 10.6 Å². The molecule has 0 aliphatic heterocycles. The summed E-state index contributed by atoms with van der Waals surface area (Å²) in [7, 11) is 0. The SMILES string of the molecule is CC(Br)C(=O)c1c(I)cccc1I. The molecule has 0 amide bonds. The zero-order valence-corrected chi connectivity index (χ0v) is 12.8. The fourth-order valence-corrected chi connectivity index (χ4v) is 3.20. The molecule has 0 saturated heterocycles. The summed E-state index contributed by atoms with van der Waals surface area (Å²) in [6, 6.07) is 5.86. The van der Waals surface area contributed by atoms with E-state index in [4.69, 9.17) is 0 Å². The van der Waals surface area contributed by atoms with E-state index in [1.54, 1.807) is 0 Å². The minimum absolute atomic E-state index is 0.114. The standard InChI is InChI=1S/C9H7BrI2O/c1-5(10)9(13)8-6(11)3-2-4-7(8)12/h2-5H,1H3. The summed E-state index contributed by atoms with van der Waals surface area (Å²) in [5.74, 6) is 0.148. The van der Waals surface area contributed by atoms with Crippen LogP contribution in [-0.4, -0.2) is 10.6 Å². The maximum Gasteiger partial charge on any atom is 0.178 e. The summed E-state index contributed by atoms with van der Waals surface area (Å²) in [4.78, 5) is 11.6. The molecule has 0 aliphatic carbocycles. The Labute approximate surface area is 113 Å². The van der Waals surface area contributed by atoms with E-state index < -0.39 is 0 Å². The Morgan fingerprint density at radius 2 is 1.85 bits per heavy atom. The van der Waals surface area contributed by atoms with Gasteiger partial charge in [-0.2, -0.15) is 0 Å². The Morgan fingerprint density at radius 1 is 1.38 bits per heavy atom. The number of halogens is 3. The second-order valence-corrected chi connectivity index (χ2v) is 6.27. The zero-order chi connectivity index (χ0) is 10.0. The number of carbonyl (C=O) groups excluding carboxylic acids is 1. The molecule has 0 spiro atoms. The number of alkyl halides is 1. The van der Waals surface area contributed by atoms with Crippen molar-refractivity contribution in [3.8, 4) is 0 Å².